The Bertz CT molecular complexity index is 859. The van der Waals surface area contributed by atoms with Crippen molar-refractivity contribution in [3.05, 3.63) is 65.2 Å². The van der Waals surface area contributed by atoms with Gasteiger partial charge in [0, 0.05) is 10.9 Å². The first-order chi connectivity index (χ1) is 12.2. The SMILES string of the molecule is COc1ccc(-c2nc(CNC(=O)c3ccccc3OC)cs2)cc1. The third kappa shape index (κ3) is 3.97. The minimum Gasteiger partial charge on any atom is -0.497 e. The standard InChI is InChI=1S/C19H18N2O3S/c1-23-15-9-7-13(8-10-15)19-21-14(12-25-19)11-20-18(22)16-5-3-4-6-17(16)24-2/h3-10,12H,11H2,1-2H3,(H,20,22). The van der Waals surface area contributed by atoms with Crippen LogP contribution in [0.2, 0.25) is 0 Å². The van der Waals surface area contributed by atoms with E-state index in [-0.39, 0.29) is 5.91 Å². The van der Waals surface area contributed by atoms with Gasteiger partial charge in [-0.15, -0.1) is 11.3 Å². The van der Waals surface area contributed by atoms with E-state index >= 15 is 0 Å². The molecular weight excluding hydrogens is 336 g/mol. The van der Waals surface area contributed by atoms with Gasteiger partial charge in [0.1, 0.15) is 16.5 Å². The number of methoxy groups -OCH3 is 2. The second-order valence-electron chi connectivity index (χ2n) is 5.26. The molecular formula is C19H18N2O3S. The lowest BCUT2D eigenvalue weighted by molar-refractivity contribution is 0.0947. The van der Waals surface area contributed by atoms with Gasteiger partial charge in [0.05, 0.1) is 32.0 Å². The lowest BCUT2D eigenvalue weighted by atomic mass is 10.2. The Morgan fingerprint density at radius 1 is 1.08 bits per heavy atom. The number of hydrogen-bond donors (Lipinski definition) is 1. The summed E-state index contributed by atoms with van der Waals surface area (Å²) in [7, 11) is 3.19. The summed E-state index contributed by atoms with van der Waals surface area (Å²) in [5, 5.41) is 5.73. The Morgan fingerprint density at radius 2 is 1.84 bits per heavy atom. The maximum Gasteiger partial charge on any atom is 0.255 e. The van der Waals surface area contributed by atoms with Crippen LogP contribution >= 0.6 is 11.3 Å². The molecule has 128 valence electrons. The van der Waals surface area contributed by atoms with Crippen molar-refractivity contribution in [3.8, 4) is 22.1 Å². The molecule has 0 unspecified atom stereocenters. The van der Waals surface area contributed by atoms with Gasteiger partial charge in [-0.05, 0) is 36.4 Å². The van der Waals surface area contributed by atoms with Crippen LogP contribution in [0.15, 0.2) is 53.9 Å². The van der Waals surface area contributed by atoms with Crippen LogP contribution in [-0.4, -0.2) is 25.1 Å². The summed E-state index contributed by atoms with van der Waals surface area (Å²) in [5.74, 6) is 1.18. The van der Waals surface area contributed by atoms with Gasteiger partial charge >= 0.3 is 0 Å². The number of thiazole rings is 1. The van der Waals surface area contributed by atoms with Crippen molar-refractivity contribution in [2.45, 2.75) is 6.54 Å². The van der Waals surface area contributed by atoms with Crippen LogP contribution in [0.25, 0.3) is 10.6 Å². The number of para-hydroxylation sites is 1. The maximum atomic E-state index is 12.3. The number of nitrogens with one attached hydrogen (secondary N) is 1. The quantitative estimate of drug-likeness (QED) is 0.732. The predicted octanol–water partition coefficient (Wildman–Crippen LogP) is 3.76. The van der Waals surface area contributed by atoms with Gasteiger partial charge in [-0.25, -0.2) is 4.98 Å². The molecule has 1 amide bonds. The zero-order valence-corrected chi connectivity index (χ0v) is 14.8. The molecule has 2 aromatic carbocycles. The van der Waals surface area contributed by atoms with E-state index in [2.05, 4.69) is 10.3 Å². The van der Waals surface area contributed by atoms with Gasteiger partial charge in [0.25, 0.3) is 5.91 Å². The Morgan fingerprint density at radius 3 is 2.56 bits per heavy atom. The van der Waals surface area contributed by atoms with Crippen LogP contribution in [0.4, 0.5) is 0 Å². The normalized spacial score (nSPS) is 10.3. The lowest BCUT2D eigenvalue weighted by Crippen LogP contribution is -2.23. The Hall–Kier alpha value is -2.86. The molecule has 1 heterocycles. The summed E-state index contributed by atoms with van der Waals surface area (Å²) in [6, 6.07) is 14.9. The molecule has 0 saturated carbocycles. The number of ether oxygens (including phenoxy) is 2. The van der Waals surface area contributed by atoms with E-state index in [1.54, 1.807) is 37.7 Å². The fraction of sp³-hybridized carbons (Fsp3) is 0.158. The molecule has 0 bridgehead atoms. The molecule has 0 spiro atoms. The summed E-state index contributed by atoms with van der Waals surface area (Å²) in [6.07, 6.45) is 0. The Balaban J connectivity index is 1.66. The number of nitrogens with zero attached hydrogens (tertiary/aromatic N) is 1. The van der Waals surface area contributed by atoms with Gasteiger partial charge in [-0.3, -0.25) is 4.79 Å². The highest BCUT2D eigenvalue weighted by atomic mass is 32.1. The highest BCUT2D eigenvalue weighted by Crippen LogP contribution is 2.25. The monoisotopic (exact) mass is 354 g/mol. The third-order valence-corrected chi connectivity index (χ3v) is 4.61. The fourth-order valence-corrected chi connectivity index (χ4v) is 3.18. The van der Waals surface area contributed by atoms with Crippen LogP contribution in [0.5, 0.6) is 11.5 Å². The summed E-state index contributed by atoms with van der Waals surface area (Å²) >= 11 is 1.54. The second-order valence-corrected chi connectivity index (χ2v) is 6.11. The van der Waals surface area contributed by atoms with Crippen molar-refractivity contribution in [1.29, 1.82) is 0 Å². The first-order valence-corrected chi connectivity index (χ1v) is 8.59. The largest absolute Gasteiger partial charge is 0.497 e. The lowest BCUT2D eigenvalue weighted by Gasteiger charge is -2.08. The van der Waals surface area contributed by atoms with E-state index in [0.29, 0.717) is 17.9 Å². The van der Waals surface area contributed by atoms with Crippen molar-refractivity contribution in [2.24, 2.45) is 0 Å². The van der Waals surface area contributed by atoms with E-state index in [1.807, 2.05) is 41.8 Å². The summed E-state index contributed by atoms with van der Waals surface area (Å²) in [4.78, 5) is 16.9. The number of hydrogen-bond acceptors (Lipinski definition) is 5. The van der Waals surface area contributed by atoms with Crippen molar-refractivity contribution < 1.29 is 14.3 Å². The Labute approximate surface area is 150 Å². The van der Waals surface area contributed by atoms with Gasteiger partial charge in [0.2, 0.25) is 0 Å². The minimum atomic E-state index is -0.184. The van der Waals surface area contributed by atoms with Crippen molar-refractivity contribution in [1.82, 2.24) is 10.3 Å². The number of rotatable bonds is 6. The number of carbonyl (C=O) groups is 1. The number of carbonyl (C=O) groups excluding carboxylic acids is 1. The van der Waals surface area contributed by atoms with E-state index in [9.17, 15) is 4.79 Å². The van der Waals surface area contributed by atoms with Gasteiger partial charge in [0.15, 0.2) is 0 Å². The molecule has 6 heteroatoms. The average Bonchev–Trinajstić information content (AvgIpc) is 3.15. The molecule has 0 fully saturated rings. The maximum absolute atomic E-state index is 12.3. The molecule has 1 N–H and O–H groups in total. The third-order valence-electron chi connectivity index (χ3n) is 3.67. The average molecular weight is 354 g/mol. The minimum absolute atomic E-state index is 0.184. The molecule has 0 atom stereocenters. The predicted molar refractivity (Wildman–Crippen MR) is 98.3 cm³/mol. The molecule has 0 aliphatic carbocycles. The number of amides is 1. The van der Waals surface area contributed by atoms with E-state index in [4.69, 9.17) is 9.47 Å². The summed E-state index contributed by atoms with van der Waals surface area (Å²) in [5.41, 5.74) is 2.35. The zero-order valence-electron chi connectivity index (χ0n) is 14.0. The van der Waals surface area contributed by atoms with Crippen LogP contribution in [0.1, 0.15) is 16.1 Å². The fourth-order valence-electron chi connectivity index (χ4n) is 2.35. The number of aromatic nitrogens is 1. The highest BCUT2D eigenvalue weighted by molar-refractivity contribution is 7.13. The van der Waals surface area contributed by atoms with Crippen LogP contribution in [-0.2, 0) is 6.54 Å². The first kappa shape index (κ1) is 17.0. The van der Waals surface area contributed by atoms with Crippen LogP contribution in [0.3, 0.4) is 0 Å². The molecule has 0 aliphatic heterocycles. The van der Waals surface area contributed by atoms with Crippen molar-refractivity contribution in [2.75, 3.05) is 14.2 Å². The van der Waals surface area contributed by atoms with E-state index in [1.165, 1.54) is 0 Å². The van der Waals surface area contributed by atoms with Gasteiger partial charge < -0.3 is 14.8 Å². The second kappa shape index (κ2) is 7.81. The summed E-state index contributed by atoms with van der Waals surface area (Å²) in [6.45, 7) is 0.365. The molecule has 1 aromatic heterocycles. The first-order valence-electron chi connectivity index (χ1n) is 7.71. The number of benzene rings is 2. The molecule has 0 aliphatic rings. The zero-order chi connectivity index (χ0) is 17.6. The topological polar surface area (TPSA) is 60.5 Å². The molecule has 25 heavy (non-hydrogen) atoms. The molecule has 0 saturated heterocycles. The molecule has 3 aromatic rings. The molecule has 3 rings (SSSR count). The van der Waals surface area contributed by atoms with E-state index < -0.39 is 0 Å². The van der Waals surface area contributed by atoms with Crippen LogP contribution < -0.4 is 14.8 Å². The highest BCUT2D eigenvalue weighted by Gasteiger charge is 2.12. The van der Waals surface area contributed by atoms with Crippen molar-refractivity contribution in [3.63, 3.8) is 0 Å². The van der Waals surface area contributed by atoms with Gasteiger partial charge in [-0.1, -0.05) is 12.1 Å². The molecule has 0 radical (unpaired) electrons. The van der Waals surface area contributed by atoms with Crippen LogP contribution in [0, 0.1) is 0 Å². The smallest absolute Gasteiger partial charge is 0.255 e. The van der Waals surface area contributed by atoms with Gasteiger partial charge in [-0.2, -0.15) is 0 Å². The Kier molecular flexibility index (Phi) is 5.30. The molecule has 5 nitrogen and oxygen atoms in total. The summed E-state index contributed by atoms with van der Waals surface area (Å²) < 4.78 is 10.4. The van der Waals surface area contributed by atoms with E-state index in [0.717, 1.165) is 22.0 Å². The van der Waals surface area contributed by atoms with Crippen molar-refractivity contribution >= 4 is 17.2 Å².